The molecule has 0 saturated carbocycles. The molecule has 0 bridgehead atoms. The zero-order chi connectivity index (χ0) is 24.5. The molecule has 1 aromatic heterocycles. The number of amides is 2. The van der Waals surface area contributed by atoms with Gasteiger partial charge in [-0.1, -0.05) is 24.8 Å². The number of nitrogens with one attached hydrogen (secondary N) is 1. The van der Waals surface area contributed by atoms with Crippen LogP contribution in [0.15, 0.2) is 61.3 Å². The summed E-state index contributed by atoms with van der Waals surface area (Å²) in [5.74, 6) is -4.86. The number of aromatic nitrogens is 1. The number of hydrogen-bond acceptors (Lipinski definition) is 4. The molecule has 2 amide bonds. The normalized spacial score (nSPS) is 16.8. The van der Waals surface area contributed by atoms with Gasteiger partial charge in [0.1, 0.15) is 11.9 Å². The Balaban J connectivity index is 1.54. The molecule has 6 nitrogen and oxygen atoms in total. The fourth-order valence-electron chi connectivity index (χ4n) is 3.90. The number of fused-ring (bicyclic) bond motifs is 1. The highest BCUT2D eigenvalue weighted by Gasteiger charge is 2.47. The predicted octanol–water partition coefficient (Wildman–Crippen LogP) is 3.92. The van der Waals surface area contributed by atoms with Gasteiger partial charge in [0.2, 0.25) is 5.91 Å². The van der Waals surface area contributed by atoms with Gasteiger partial charge in [0.25, 0.3) is 11.8 Å². The lowest BCUT2D eigenvalue weighted by molar-refractivity contribution is -0.131. The molecule has 1 aliphatic rings. The number of rotatable bonds is 5. The van der Waals surface area contributed by atoms with Gasteiger partial charge in [-0.2, -0.15) is 5.26 Å². The van der Waals surface area contributed by atoms with E-state index in [0.717, 1.165) is 4.90 Å². The van der Waals surface area contributed by atoms with Crippen LogP contribution in [-0.4, -0.2) is 46.8 Å². The first-order valence-corrected chi connectivity index (χ1v) is 10.4. The molecular weight excluding hydrogens is 445 g/mol. The highest BCUT2D eigenvalue weighted by molar-refractivity contribution is 6.07. The van der Waals surface area contributed by atoms with Crippen molar-refractivity contribution in [1.29, 1.82) is 5.26 Å². The first-order valence-electron chi connectivity index (χ1n) is 10.4. The maximum Gasteiger partial charge on any atom is 0.268 e. The molecule has 172 valence electrons. The maximum absolute atomic E-state index is 13.6. The molecule has 2 aromatic carbocycles. The van der Waals surface area contributed by atoms with Crippen molar-refractivity contribution in [2.45, 2.75) is 18.4 Å². The topological polar surface area (TPSA) is 86.1 Å². The van der Waals surface area contributed by atoms with E-state index in [9.17, 15) is 22.8 Å². The summed E-state index contributed by atoms with van der Waals surface area (Å²) >= 11 is 0. The van der Waals surface area contributed by atoms with Crippen molar-refractivity contribution in [3.05, 3.63) is 83.8 Å². The second-order valence-corrected chi connectivity index (χ2v) is 7.99. The Morgan fingerprint density at radius 2 is 1.88 bits per heavy atom. The largest absolute Gasteiger partial charge is 0.343 e. The van der Waals surface area contributed by atoms with Crippen LogP contribution in [0.2, 0.25) is 0 Å². The molecule has 0 aliphatic carbocycles. The molecule has 1 unspecified atom stereocenters. The highest BCUT2D eigenvalue weighted by atomic mass is 19.3. The second kappa shape index (κ2) is 8.98. The Morgan fingerprint density at radius 3 is 2.59 bits per heavy atom. The molecular formula is C25H19F3N4O2. The minimum atomic E-state index is -3.13. The van der Waals surface area contributed by atoms with Crippen LogP contribution in [0.3, 0.4) is 0 Å². The molecule has 34 heavy (non-hydrogen) atoms. The summed E-state index contributed by atoms with van der Waals surface area (Å²) in [4.78, 5) is 30.3. The minimum absolute atomic E-state index is 0.232. The number of nitrogens with zero attached hydrogens (tertiary/aromatic N) is 3. The van der Waals surface area contributed by atoms with Crippen LogP contribution in [0.5, 0.6) is 0 Å². The summed E-state index contributed by atoms with van der Waals surface area (Å²) in [5, 5.41) is 12.0. The van der Waals surface area contributed by atoms with Crippen molar-refractivity contribution in [3.8, 4) is 6.07 Å². The lowest BCUT2D eigenvalue weighted by Gasteiger charge is -2.19. The van der Waals surface area contributed by atoms with Gasteiger partial charge >= 0.3 is 0 Å². The molecule has 1 saturated heterocycles. The molecule has 1 N–H and O–H groups in total. The number of carbonyl (C=O) groups is 2. The van der Waals surface area contributed by atoms with E-state index in [1.165, 1.54) is 24.4 Å². The smallest absolute Gasteiger partial charge is 0.268 e. The van der Waals surface area contributed by atoms with E-state index in [2.05, 4.69) is 16.9 Å². The monoisotopic (exact) mass is 464 g/mol. The summed E-state index contributed by atoms with van der Waals surface area (Å²) in [6.45, 7) is 2.67. The van der Waals surface area contributed by atoms with Crippen molar-refractivity contribution in [3.63, 3.8) is 0 Å². The molecule has 2 heterocycles. The van der Waals surface area contributed by atoms with Gasteiger partial charge in [0, 0.05) is 18.0 Å². The summed E-state index contributed by atoms with van der Waals surface area (Å²) in [6.07, 6.45) is 0.721. The van der Waals surface area contributed by atoms with E-state index in [4.69, 9.17) is 5.26 Å². The van der Waals surface area contributed by atoms with Crippen LogP contribution >= 0.6 is 0 Å². The van der Waals surface area contributed by atoms with Crippen molar-refractivity contribution in [2.75, 3.05) is 13.1 Å². The summed E-state index contributed by atoms with van der Waals surface area (Å²) < 4.78 is 40.5. The Bertz CT molecular complexity index is 1330. The molecule has 3 aromatic rings. The van der Waals surface area contributed by atoms with Crippen LogP contribution in [0.1, 0.15) is 27.9 Å². The third kappa shape index (κ3) is 4.62. The Kier molecular flexibility index (Phi) is 6.07. The molecule has 1 atom stereocenters. The lowest BCUT2D eigenvalue weighted by Crippen LogP contribution is -2.43. The number of nitriles is 1. The van der Waals surface area contributed by atoms with Gasteiger partial charge in [-0.3, -0.25) is 14.6 Å². The lowest BCUT2D eigenvalue weighted by atomic mass is 9.96. The van der Waals surface area contributed by atoms with Crippen molar-refractivity contribution < 1.29 is 22.8 Å². The summed E-state index contributed by atoms with van der Waals surface area (Å²) in [6, 6.07) is 13.0. The Labute approximate surface area is 193 Å². The fourth-order valence-corrected chi connectivity index (χ4v) is 3.90. The van der Waals surface area contributed by atoms with Crippen LogP contribution in [-0.2, 0) is 4.79 Å². The number of benzene rings is 2. The van der Waals surface area contributed by atoms with Crippen molar-refractivity contribution in [1.82, 2.24) is 15.2 Å². The van der Waals surface area contributed by atoms with E-state index in [1.54, 1.807) is 36.4 Å². The van der Waals surface area contributed by atoms with E-state index < -0.39 is 43.3 Å². The Morgan fingerprint density at radius 1 is 1.18 bits per heavy atom. The number of halogens is 3. The molecule has 9 heteroatoms. The van der Waals surface area contributed by atoms with Gasteiger partial charge < -0.3 is 10.2 Å². The van der Waals surface area contributed by atoms with Crippen LogP contribution in [0.25, 0.3) is 16.5 Å². The van der Waals surface area contributed by atoms with Gasteiger partial charge in [0.15, 0.2) is 0 Å². The minimum Gasteiger partial charge on any atom is -0.343 e. The van der Waals surface area contributed by atoms with Crippen molar-refractivity contribution >= 4 is 28.3 Å². The first-order chi connectivity index (χ1) is 16.2. The third-order valence-corrected chi connectivity index (χ3v) is 5.67. The average molecular weight is 464 g/mol. The maximum atomic E-state index is 13.6. The summed E-state index contributed by atoms with van der Waals surface area (Å²) in [7, 11) is 0. The van der Waals surface area contributed by atoms with Crippen LogP contribution in [0, 0.1) is 17.1 Å². The zero-order valence-electron chi connectivity index (χ0n) is 17.9. The van der Waals surface area contributed by atoms with Gasteiger partial charge in [-0.15, -0.1) is 0 Å². The highest BCUT2D eigenvalue weighted by Crippen LogP contribution is 2.31. The molecule has 0 radical (unpaired) electrons. The number of hydrogen-bond donors (Lipinski definition) is 1. The van der Waals surface area contributed by atoms with Gasteiger partial charge in [-0.25, -0.2) is 13.2 Å². The van der Waals surface area contributed by atoms with E-state index >= 15 is 0 Å². The third-order valence-electron chi connectivity index (χ3n) is 5.67. The van der Waals surface area contributed by atoms with Crippen LogP contribution in [0.4, 0.5) is 13.2 Å². The molecule has 1 aliphatic heterocycles. The van der Waals surface area contributed by atoms with Crippen LogP contribution < -0.4 is 5.32 Å². The number of pyridine rings is 1. The van der Waals surface area contributed by atoms with Crippen molar-refractivity contribution in [2.24, 2.45) is 0 Å². The van der Waals surface area contributed by atoms with E-state index in [-0.39, 0.29) is 11.4 Å². The zero-order valence-corrected chi connectivity index (χ0v) is 17.9. The molecule has 4 rings (SSSR count). The number of likely N-dealkylation sites (tertiary alicyclic amines) is 1. The average Bonchev–Trinajstić information content (AvgIpc) is 3.16. The molecule has 0 spiro atoms. The van der Waals surface area contributed by atoms with Gasteiger partial charge in [0.05, 0.1) is 30.2 Å². The number of carbonyl (C=O) groups excluding carboxylic acids is 2. The SMILES string of the molecule is C=C(c1ccc(F)cc1)c1ccc2nccc(C(=O)NCC(=O)N3CC(F)(F)CC3C#N)c2c1. The quantitative estimate of drug-likeness (QED) is 0.620. The summed E-state index contributed by atoms with van der Waals surface area (Å²) in [5.41, 5.74) is 2.77. The standard InChI is InChI=1S/C25H19F3N4O2/c1-15(16-2-5-18(26)6-3-16)17-4-7-22-21(10-17)20(8-9-30-22)24(34)31-13-23(33)32-14-25(27,28)11-19(32)12-29/h2-10,19H,1,11,13-14H2,(H,31,34). The Hall–Kier alpha value is -4.19. The first kappa shape index (κ1) is 23.0. The van der Waals surface area contributed by atoms with Gasteiger partial charge in [-0.05, 0) is 47.0 Å². The second-order valence-electron chi connectivity index (χ2n) is 7.99. The van der Waals surface area contributed by atoms with E-state index in [1.807, 2.05) is 0 Å². The van der Waals surface area contributed by atoms with E-state index in [0.29, 0.717) is 27.6 Å². The number of alkyl halides is 2. The fraction of sp³-hybridized carbons (Fsp3) is 0.200. The molecule has 1 fully saturated rings. The predicted molar refractivity (Wildman–Crippen MR) is 119 cm³/mol.